The summed E-state index contributed by atoms with van der Waals surface area (Å²) >= 11 is 0. The number of hydrogen-bond donors (Lipinski definition) is 2. The van der Waals surface area contributed by atoms with Crippen LogP contribution in [0.15, 0.2) is 16.7 Å². The second-order valence-corrected chi connectivity index (χ2v) is 7.04. The molecule has 1 aliphatic rings. The highest BCUT2D eigenvalue weighted by Crippen LogP contribution is 2.31. The summed E-state index contributed by atoms with van der Waals surface area (Å²) in [5.74, 6) is 0.0373. The molecule has 5 nitrogen and oxygen atoms in total. The molecule has 1 aliphatic heterocycles. The highest BCUT2D eigenvalue weighted by molar-refractivity contribution is 5.92. The third-order valence-corrected chi connectivity index (χ3v) is 5.31. The second-order valence-electron chi connectivity index (χ2n) is 7.04. The van der Waals surface area contributed by atoms with Gasteiger partial charge in [-0.15, -0.1) is 0 Å². The lowest BCUT2D eigenvalue weighted by molar-refractivity contribution is -0.136. The zero-order valence-corrected chi connectivity index (χ0v) is 14.6. The van der Waals surface area contributed by atoms with Crippen LogP contribution in [0.2, 0.25) is 0 Å². The number of amides is 1. The summed E-state index contributed by atoms with van der Waals surface area (Å²) < 4.78 is 5.74. The van der Waals surface area contributed by atoms with Gasteiger partial charge in [-0.2, -0.15) is 0 Å². The van der Waals surface area contributed by atoms with E-state index in [1.54, 1.807) is 11.2 Å². The minimum absolute atomic E-state index is 0.0373. The van der Waals surface area contributed by atoms with Crippen molar-refractivity contribution in [2.75, 3.05) is 19.7 Å². The number of aliphatic hydroxyl groups is 2. The smallest absolute Gasteiger partial charge is 0.227 e. The van der Waals surface area contributed by atoms with Gasteiger partial charge in [0, 0.05) is 24.0 Å². The number of fused-ring (bicyclic) bond motifs is 1. The van der Waals surface area contributed by atoms with Crippen molar-refractivity contribution in [2.45, 2.75) is 45.6 Å². The van der Waals surface area contributed by atoms with Gasteiger partial charge in [0.05, 0.1) is 24.9 Å². The van der Waals surface area contributed by atoms with Crippen molar-refractivity contribution in [1.29, 1.82) is 0 Å². The van der Waals surface area contributed by atoms with E-state index < -0.39 is 5.60 Å². The number of carbonyl (C=O) groups is 1. The van der Waals surface area contributed by atoms with Crippen molar-refractivity contribution in [2.24, 2.45) is 0 Å². The van der Waals surface area contributed by atoms with E-state index in [4.69, 9.17) is 4.42 Å². The Kier molecular flexibility index (Phi) is 4.40. The first kappa shape index (κ1) is 17.0. The van der Waals surface area contributed by atoms with Crippen LogP contribution in [0.3, 0.4) is 0 Å². The number of likely N-dealkylation sites (tertiary alicyclic amines) is 1. The molecule has 3 rings (SSSR count). The van der Waals surface area contributed by atoms with E-state index in [0.717, 1.165) is 27.7 Å². The molecule has 24 heavy (non-hydrogen) atoms. The van der Waals surface area contributed by atoms with E-state index in [1.165, 1.54) is 5.56 Å². The van der Waals surface area contributed by atoms with Crippen LogP contribution in [0.5, 0.6) is 0 Å². The molecule has 0 bridgehead atoms. The SMILES string of the molecule is Cc1cc(C)c2c(CC(=O)N3CCC(O)(CO)CC3)coc2c1C. The van der Waals surface area contributed by atoms with Crippen LogP contribution in [0.1, 0.15) is 35.1 Å². The molecule has 1 fully saturated rings. The molecule has 1 amide bonds. The summed E-state index contributed by atoms with van der Waals surface area (Å²) in [7, 11) is 0. The topological polar surface area (TPSA) is 73.9 Å². The number of aryl methyl sites for hydroxylation is 3. The molecular formula is C19H25NO4. The van der Waals surface area contributed by atoms with E-state index in [1.807, 2.05) is 13.8 Å². The van der Waals surface area contributed by atoms with Crippen LogP contribution in [0.25, 0.3) is 11.0 Å². The maximum atomic E-state index is 12.6. The molecule has 2 N–H and O–H groups in total. The van der Waals surface area contributed by atoms with Gasteiger partial charge in [0.2, 0.25) is 5.91 Å². The molecule has 2 aromatic rings. The third-order valence-electron chi connectivity index (χ3n) is 5.31. The summed E-state index contributed by atoms with van der Waals surface area (Å²) in [6, 6.07) is 2.13. The number of furan rings is 1. The van der Waals surface area contributed by atoms with Crippen molar-refractivity contribution in [3.05, 3.63) is 34.6 Å². The molecule has 0 saturated carbocycles. The molecule has 0 aliphatic carbocycles. The van der Waals surface area contributed by atoms with Gasteiger partial charge >= 0.3 is 0 Å². The Morgan fingerprint density at radius 2 is 1.92 bits per heavy atom. The third kappa shape index (κ3) is 2.94. The standard InChI is InChI=1S/C19H25NO4/c1-12-8-13(2)17-15(10-24-18(17)14(12)3)9-16(22)20-6-4-19(23,11-21)5-7-20/h8,10,21,23H,4-7,9,11H2,1-3H3. The number of nitrogens with zero attached hydrogens (tertiary/aromatic N) is 1. The van der Waals surface area contributed by atoms with E-state index >= 15 is 0 Å². The molecule has 2 heterocycles. The van der Waals surface area contributed by atoms with E-state index in [0.29, 0.717) is 32.4 Å². The predicted octanol–water partition coefficient (Wildman–Crippen LogP) is 2.25. The van der Waals surface area contributed by atoms with Crippen molar-refractivity contribution < 1.29 is 19.4 Å². The van der Waals surface area contributed by atoms with Gasteiger partial charge in [-0.3, -0.25) is 4.79 Å². The molecule has 0 spiro atoms. The Balaban J connectivity index is 1.79. The quantitative estimate of drug-likeness (QED) is 0.905. The highest BCUT2D eigenvalue weighted by atomic mass is 16.3. The second kappa shape index (κ2) is 6.22. The van der Waals surface area contributed by atoms with Gasteiger partial charge in [-0.25, -0.2) is 0 Å². The highest BCUT2D eigenvalue weighted by Gasteiger charge is 2.33. The van der Waals surface area contributed by atoms with Crippen LogP contribution in [-0.2, 0) is 11.2 Å². The van der Waals surface area contributed by atoms with Crippen LogP contribution in [0, 0.1) is 20.8 Å². The maximum absolute atomic E-state index is 12.6. The van der Waals surface area contributed by atoms with Crippen molar-refractivity contribution in [3.8, 4) is 0 Å². The summed E-state index contributed by atoms with van der Waals surface area (Å²) in [4.78, 5) is 14.4. The lowest BCUT2D eigenvalue weighted by Gasteiger charge is -2.37. The minimum Gasteiger partial charge on any atom is -0.464 e. The lowest BCUT2D eigenvalue weighted by Crippen LogP contribution is -2.48. The Morgan fingerprint density at radius 1 is 1.25 bits per heavy atom. The van der Waals surface area contributed by atoms with E-state index in [9.17, 15) is 15.0 Å². The summed E-state index contributed by atoms with van der Waals surface area (Å²) in [5, 5.41) is 20.3. The number of benzene rings is 1. The van der Waals surface area contributed by atoms with Crippen LogP contribution in [0.4, 0.5) is 0 Å². The van der Waals surface area contributed by atoms with Crippen LogP contribution < -0.4 is 0 Å². The van der Waals surface area contributed by atoms with Crippen LogP contribution in [-0.4, -0.2) is 46.3 Å². The fraction of sp³-hybridized carbons (Fsp3) is 0.526. The lowest BCUT2D eigenvalue weighted by atomic mass is 9.92. The van der Waals surface area contributed by atoms with Crippen molar-refractivity contribution >= 4 is 16.9 Å². The van der Waals surface area contributed by atoms with Gasteiger partial charge in [0.25, 0.3) is 0 Å². The van der Waals surface area contributed by atoms with Gasteiger partial charge in [-0.1, -0.05) is 6.07 Å². The number of aliphatic hydroxyl groups excluding tert-OH is 1. The number of carbonyl (C=O) groups excluding carboxylic acids is 1. The number of rotatable bonds is 3. The molecule has 130 valence electrons. The summed E-state index contributed by atoms with van der Waals surface area (Å²) in [6.07, 6.45) is 2.82. The average Bonchev–Trinajstić information content (AvgIpc) is 2.97. The van der Waals surface area contributed by atoms with Gasteiger partial charge in [0.1, 0.15) is 5.58 Å². The summed E-state index contributed by atoms with van der Waals surface area (Å²) in [5.41, 5.74) is 4.16. The first-order valence-corrected chi connectivity index (χ1v) is 8.42. The molecule has 1 aromatic heterocycles. The molecule has 5 heteroatoms. The number of piperidine rings is 1. The zero-order valence-electron chi connectivity index (χ0n) is 14.6. The van der Waals surface area contributed by atoms with Crippen molar-refractivity contribution in [1.82, 2.24) is 4.90 Å². The van der Waals surface area contributed by atoms with Crippen molar-refractivity contribution in [3.63, 3.8) is 0 Å². The van der Waals surface area contributed by atoms with E-state index in [2.05, 4.69) is 13.0 Å². The summed E-state index contributed by atoms with van der Waals surface area (Å²) in [6.45, 7) is 6.84. The number of hydrogen-bond acceptors (Lipinski definition) is 4. The Labute approximate surface area is 141 Å². The molecule has 0 unspecified atom stereocenters. The van der Waals surface area contributed by atoms with Gasteiger partial charge < -0.3 is 19.5 Å². The molecule has 1 saturated heterocycles. The Bertz CT molecular complexity index is 769. The molecule has 0 radical (unpaired) electrons. The first-order valence-electron chi connectivity index (χ1n) is 8.42. The largest absolute Gasteiger partial charge is 0.464 e. The Morgan fingerprint density at radius 3 is 2.54 bits per heavy atom. The Hall–Kier alpha value is -1.85. The minimum atomic E-state index is -1.04. The fourth-order valence-corrected chi connectivity index (χ4v) is 3.52. The normalized spacial score (nSPS) is 17.5. The van der Waals surface area contributed by atoms with Gasteiger partial charge in [-0.05, 0) is 50.3 Å². The first-order chi connectivity index (χ1) is 11.3. The monoisotopic (exact) mass is 331 g/mol. The zero-order chi connectivity index (χ0) is 17.5. The molecule has 0 atom stereocenters. The maximum Gasteiger partial charge on any atom is 0.227 e. The average molecular weight is 331 g/mol. The molecule has 1 aromatic carbocycles. The fourth-order valence-electron chi connectivity index (χ4n) is 3.52. The molecular weight excluding hydrogens is 306 g/mol. The van der Waals surface area contributed by atoms with Crippen LogP contribution >= 0.6 is 0 Å². The van der Waals surface area contributed by atoms with E-state index in [-0.39, 0.29) is 12.5 Å². The predicted molar refractivity (Wildman–Crippen MR) is 92.0 cm³/mol. The van der Waals surface area contributed by atoms with Gasteiger partial charge in [0.15, 0.2) is 0 Å².